The highest BCUT2D eigenvalue weighted by Gasteiger charge is 2.41. The van der Waals surface area contributed by atoms with Gasteiger partial charge in [-0.15, -0.1) is 11.3 Å². The van der Waals surface area contributed by atoms with Crippen LogP contribution in [0, 0.1) is 6.92 Å². The van der Waals surface area contributed by atoms with Gasteiger partial charge in [0, 0.05) is 13.1 Å². The fourth-order valence-corrected chi connectivity index (χ4v) is 5.89. The number of fused-ring (bicyclic) bond motifs is 2. The molecule has 3 rings (SSSR count). The van der Waals surface area contributed by atoms with Crippen molar-refractivity contribution in [3.8, 4) is 0 Å². The Morgan fingerprint density at radius 1 is 1.40 bits per heavy atom. The van der Waals surface area contributed by atoms with Crippen LogP contribution < -0.4 is 0 Å². The molecule has 2 aliphatic heterocycles. The molecule has 2 aliphatic rings. The molecule has 8 heteroatoms. The molecule has 3 heterocycles. The lowest BCUT2D eigenvalue weighted by Crippen LogP contribution is -2.46. The molecule has 2 bridgehead atoms. The molecule has 6 nitrogen and oxygen atoms in total. The minimum Gasteiger partial charge on any atom is -0.477 e. The molecule has 0 saturated carbocycles. The van der Waals surface area contributed by atoms with E-state index in [1.807, 2.05) is 0 Å². The zero-order valence-electron chi connectivity index (χ0n) is 10.9. The standard InChI is InChI=1S/C12H15NO5S2/c1-7-6-19-10(12(14)15)11(7)20(16,17)13-4-8-2-3-9(5-13)18-8/h6,8-9H,2-5H2,1H3,(H,14,15). The highest BCUT2D eigenvalue weighted by atomic mass is 32.2. The minimum absolute atomic E-state index is 0.0590. The van der Waals surface area contributed by atoms with Crippen molar-refractivity contribution in [1.82, 2.24) is 4.31 Å². The summed E-state index contributed by atoms with van der Waals surface area (Å²) in [5.41, 5.74) is 0.492. The van der Waals surface area contributed by atoms with Crippen LogP contribution in [0.1, 0.15) is 28.1 Å². The summed E-state index contributed by atoms with van der Waals surface area (Å²) in [5, 5.41) is 10.7. The van der Waals surface area contributed by atoms with E-state index in [4.69, 9.17) is 9.84 Å². The van der Waals surface area contributed by atoms with Crippen LogP contribution in [0.15, 0.2) is 10.3 Å². The molecule has 20 heavy (non-hydrogen) atoms. The van der Waals surface area contributed by atoms with Crippen LogP contribution in [-0.4, -0.2) is 49.1 Å². The first-order valence-corrected chi connectivity index (χ1v) is 8.68. The Labute approximate surface area is 121 Å². The van der Waals surface area contributed by atoms with Crippen LogP contribution in [0.5, 0.6) is 0 Å². The van der Waals surface area contributed by atoms with Crippen LogP contribution >= 0.6 is 11.3 Å². The zero-order valence-corrected chi connectivity index (χ0v) is 12.5. The predicted molar refractivity (Wildman–Crippen MR) is 72.7 cm³/mol. The second-order valence-electron chi connectivity index (χ2n) is 5.16. The van der Waals surface area contributed by atoms with Crippen molar-refractivity contribution in [1.29, 1.82) is 0 Å². The minimum atomic E-state index is -3.77. The van der Waals surface area contributed by atoms with Crippen LogP contribution in [0.2, 0.25) is 0 Å². The number of nitrogens with zero attached hydrogens (tertiary/aromatic N) is 1. The van der Waals surface area contributed by atoms with Crippen molar-refractivity contribution in [3.05, 3.63) is 15.8 Å². The van der Waals surface area contributed by atoms with Gasteiger partial charge in [-0.2, -0.15) is 4.31 Å². The monoisotopic (exact) mass is 317 g/mol. The Morgan fingerprint density at radius 2 is 2.00 bits per heavy atom. The van der Waals surface area contributed by atoms with Gasteiger partial charge < -0.3 is 9.84 Å². The average Bonchev–Trinajstić information content (AvgIpc) is 2.92. The molecule has 2 saturated heterocycles. The molecular formula is C12H15NO5S2. The van der Waals surface area contributed by atoms with Gasteiger partial charge in [-0.05, 0) is 30.7 Å². The van der Waals surface area contributed by atoms with E-state index in [9.17, 15) is 13.2 Å². The summed E-state index contributed by atoms with van der Waals surface area (Å²) in [4.78, 5) is 11.0. The molecule has 2 unspecified atom stereocenters. The first-order chi connectivity index (χ1) is 9.39. The molecule has 2 fully saturated rings. The van der Waals surface area contributed by atoms with E-state index in [0.717, 1.165) is 24.2 Å². The molecule has 0 aromatic carbocycles. The summed E-state index contributed by atoms with van der Waals surface area (Å²) in [6.07, 6.45) is 1.61. The molecule has 110 valence electrons. The van der Waals surface area contributed by atoms with Gasteiger partial charge in [-0.1, -0.05) is 0 Å². The van der Waals surface area contributed by atoms with E-state index in [0.29, 0.717) is 18.7 Å². The van der Waals surface area contributed by atoms with Gasteiger partial charge in [-0.3, -0.25) is 0 Å². The third-order valence-electron chi connectivity index (χ3n) is 3.72. The Hall–Kier alpha value is -0.960. The van der Waals surface area contributed by atoms with Gasteiger partial charge in [0.25, 0.3) is 0 Å². The maximum absolute atomic E-state index is 12.7. The van der Waals surface area contributed by atoms with E-state index >= 15 is 0 Å². The summed E-state index contributed by atoms with van der Waals surface area (Å²) in [5.74, 6) is -1.20. The molecule has 0 radical (unpaired) electrons. The number of aromatic carboxylic acids is 1. The molecule has 1 aromatic heterocycles. The van der Waals surface area contributed by atoms with Crippen molar-refractivity contribution in [2.75, 3.05) is 13.1 Å². The Bertz CT molecular complexity index is 639. The molecule has 1 N–H and O–H groups in total. The van der Waals surface area contributed by atoms with Gasteiger partial charge in [0.15, 0.2) is 0 Å². The summed E-state index contributed by atoms with van der Waals surface area (Å²) in [6, 6.07) is 0. The lowest BCUT2D eigenvalue weighted by Gasteiger charge is -2.31. The second-order valence-corrected chi connectivity index (χ2v) is 7.92. The lowest BCUT2D eigenvalue weighted by molar-refractivity contribution is -0.0114. The van der Waals surface area contributed by atoms with Gasteiger partial charge in [0.1, 0.15) is 9.77 Å². The van der Waals surface area contributed by atoms with Gasteiger partial charge in [0.05, 0.1) is 12.2 Å². The Morgan fingerprint density at radius 3 is 2.55 bits per heavy atom. The maximum atomic E-state index is 12.7. The van der Waals surface area contributed by atoms with Crippen molar-refractivity contribution < 1.29 is 23.1 Å². The molecule has 1 aromatic rings. The Kier molecular flexibility index (Phi) is 3.36. The normalized spacial score (nSPS) is 26.9. The molecular weight excluding hydrogens is 302 g/mol. The van der Waals surface area contributed by atoms with E-state index < -0.39 is 16.0 Å². The number of hydrogen-bond donors (Lipinski definition) is 1. The highest BCUT2D eigenvalue weighted by Crippen LogP contribution is 2.34. The lowest BCUT2D eigenvalue weighted by atomic mass is 10.2. The number of rotatable bonds is 3. The predicted octanol–water partition coefficient (Wildman–Crippen LogP) is 1.31. The summed E-state index contributed by atoms with van der Waals surface area (Å²) >= 11 is 0.956. The highest BCUT2D eigenvalue weighted by molar-refractivity contribution is 7.89. The zero-order chi connectivity index (χ0) is 14.5. The van der Waals surface area contributed by atoms with Crippen molar-refractivity contribution in [3.63, 3.8) is 0 Å². The van der Waals surface area contributed by atoms with Crippen LogP contribution in [0.4, 0.5) is 0 Å². The number of carbonyl (C=O) groups is 1. The van der Waals surface area contributed by atoms with E-state index in [1.54, 1.807) is 12.3 Å². The summed E-state index contributed by atoms with van der Waals surface area (Å²) < 4.78 is 32.5. The number of hydrogen-bond acceptors (Lipinski definition) is 5. The van der Waals surface area contributed by atoms with Crippen LogP contribution in [0.25, 0.3) is 0 Å². The number of aryl methyl sites for hydroxylation is 1. The molecule has 2 atom stereocenters. The second kappa shape index (κ2) is 4.80. The molecule has 0 spiro atoms. The van der Waals surface area contributed by atoms with Gasteiger partial charge in [-0.25, -0.2) is 13.2 Å². The smallest absolute Gasteiger partial charge is 0.347 e. The third-order valence-corrected chi connectivity index (χ3v) is 6.96. The van der Waals surface area contributed by atoms with Crippen molar-refractivity contribution >= 4 is 27.3 Å². The van der Waals surface area contributed by atoms with Gasteiger partial charge in [0.2, 0.25) is 10.0 Å². The number of carboxylic acid groups (broad SMARTS) is 1. The SMILES string of the molecule is Cc1csc(C(=O)O)c1S(=O)(=O)N1CC2CCC(C1)O2. The summed E-state index contributed by atoms with van der Waals surface area (Å²) in [7, 11) is -3.77. The van der Waals surface area contributed by atoms with Gasteiger partial charge >= 0.3 is 5.97 Å². The fourth-order valence-electron chi connectivity index (χ4n) is 2.80. The fraction of sp³-hybridized carbons (Fsp3) is 0.583. The van der Waals surface area contributed by atoms with E-state index in [1.165, 1.54) is 4.31 Å². The van der Waals surface area contributed by atoms with Crippen LogP contribution in [-0.2, 0) is 14.8 Å². The quantitative estimate of drug-likeness (QED) is 0.908. The number of ether oxygens (including phenoxy) is 1. The van der Waals surface area contributed by atoms with Crippen molar-refractivity contribution in [2.24, 2.45) is 0 Å². The van der Waals surface area contributed by atoms with E-state index in [-0.39, 0.29) is 22.0 Å². The maximum Gasteiger partial charge on any atom is 0.347 e. The average molecular weight is 317 g/mol. The number of carboxylic acids is 1. The molecule has 0 aliphatic carbocycles. The largest absolute Gasteiger partial charge is 0.477 e. The summed E-state index contributed by atoms with van der Waals surface area (Å²) in [6.45, 7) is 2.26. The third kappa shape index (κ3) is 2.16. The number of thiophene rings is 1. The first-order valence-electron chi connectivity index (χ1n) is 6.36. The Balaban J connectivity index is 2.00. The first kappa shape index (κ1) is 14.0. The topological polar surface area (TPSA) is 83.9 Å². The van der Waals surface area contributed by atoms with E-state index in [2.05, 4.69) is 0 Å². The van der Waals surface area contributed by atoms with Crippen molar-refractivity contribution in [2.45, 2.75) is 36.9 Å². The number of sulfonamides is 1. The molecule has 0 amide bonds. The number of morpholine rings is 1. The van der Waals surface area contributed by atoms with Crippen LogP contribution in [0.3, 0.4) is 0 Å².